The highest BCUT2D eigenvalue weighted by Crippen LogP contribution is 2.45. The Morgan fingerprint density at radius 1 is 1.00 bits per heavy atom. The minimum atomic E-state index is -0.553. The number of ketones is 1. The van der Waals surface area contributed by atoms with E-state index in [0.717, 1.165) is 28.4 Å². The quantitative estimate of drug-likeness (QED) is 0.287. The Hall–Kier alpha value is -3.84. The standard InChI is InChI=1S/C28H26ClN3O4/c1-16(2)36-20-10-7-17(8-11-20)19-13-24-27(26(33)15-19)28(31-23-6-4-3-5-22(23)30-24)18-9-12-21(29)25(14-18)32(34)35/h3-12,14,16,19,28,30-31H,13,15H2,1-2H3. The number of rotatable bonds is 5. The van der Waals surface area contributed by atoms with Crippen LogP contribution in [0.15, 0.2) is 78.0 Å². The fourth-order valence-corrected chi connectivity index (χ4v) is 5.10. The summed E-state index contributed by atoms with van der Waals surface area (Å²) in [6.45, 7) is 3.97. The van der Waals surface area contributed by atoms with Crippen LogP contribution in [0.3, 0.4) is 0 Å². The van der Waals surface area contributed by atoms with Gasteiger partial charge in [0.2, 0.25) is 0 Å². The number of ether oxygens (including phenoxy) is 1. The Kier molecular flexibility index (Phi) is 6.41. The Labute approximate surface area is 214 Å². The van der Waals surface area contributed by atoms with Crippen molar-refractivity contribution in [2.45, 2.75) is 44.8 Å². The average Bonchev–Trinajstić information content (AvgIpc) is 3.01. The van der Waals surface area contributed by atoms with Crippen LogP contribution in [0.1, 0.15) is 49.8 Å². The molecule has 0 saturated carbocycles. The lowest BCUT2D eigenvalue weighted by Gasteiger charge is -2.30. The third-order valence-corrected chi connectivity index (χ3v) is 6.85. The minimum absolute atomic E-state index is 0.000772. The summed E-state index contributed by atoms with van der Waals surface area (Å²) in [5, 5.41) is 18.6. The van der Waals surface area contributed by atoms with Gasteiger partial charge in [0.15, 0.2) is 5.78 Å². The van der Waals surface area contributed by atoms with Gasteiger partial charge in [0, 0.05) is 23.8 Å². The number of nitrogens with zero attached hydrogens (tertiary/aromatic N) is 1. The zero-order valence-corrected chi connectivity index (χ0v) is 20.7. The first kappa shape index (κ1) is 23.9. The van der Waals surface area contributed by atoms with Crippen molar-refractivity contribution in [1.29, 1.82) is 0 Å². The average molecular weight is 504 g/mol. The molecule has 1 heterocycles. The van der Waals surface area contributed by atoms with E-state index in [0.29, 0.717) is 24.0 Å². The maximum Gasteiger partial charge on any atom is 0.288 e. The minimum Gasteiger partial charge on any atom is -0.491 e. The number of Topliss-reactive ketones (excluding diaryl/α,β-unsaturated/α-hetero) is 1. The first-order valence-corrected chi connectivity index (χ1v) is 12.3. The van der Waals surface area contributed by atoms with Gasteiger partial charge in [0.25, 0.3) is 5.69 Å². The van der Waals surface area contributed by atoms with Gasteiger partial charge in [-0.15, -0.1) is 0 Å². The largest absolute Gasteiger partial charge is 0.491 e. The summed E-state index contributed by atoms with van der Waals surface area (Å²) in [5.74, 6) is 0.799. The summed E-state index contributed by atoms with van der Waals surface area (Å²) in [4.78, 5) is 24.7. The lowest BCUT2D eigenvalue weighted by molar-refractivity contribution is -0.384. The molecular weight excluding hydrogens is 478 g/mol. The van der Waals surface area contributed by atoms with Crippen molar-refractivity contribution >= 4 is 34.4 Å². The van der Waals surface area contributed by atoms with E-state index in [1.807, 2.05) is 62.4 Å². The zero-order chi connectivity index (χ0) is 25.4. The molecule has 0 spiro atoms. The lowest BCUT2D eigenvalue weighted by Crippen LogP contribution is -2.27. The van der Waals surface area contributed by atoms with Gasteiger partial charge in [-0.2, -0.15) is 0 Å². The van der Waals surface area contributed by atoms with Crippen LogP contribution in [-0.4, -0.2) is 16.8 Å². The molecule has 0 saturated heterocycles. The second-order valence-electron chi connectivity index (χ2n) is 9.37. The Bertz CT molecular complexity index is 1370. The van der Waals surface area contributed by atoms with E-state index >= 15 is 0 Å². The van der Waals surface area contributed by atoms with Crippen molar-refractivity contribution < 1.29 is 14.5 Å². The number of allylic oxidation sites excluding steroid dienone is 1. The number of fused-ring (bicyclic) bond motifs is 1. The summed E-state index contributed by atoms with van der Waals surface area (Å²) >= 11 is 6.07. The topological polar surface area (TPSA) is 93.5 Å². The normalized spacial score (nSPS) is 19.1. The molecule has 1 aliphatic heterocycles. The number of para-hydroxylation sites is 2. The van der Waals surface area contributed by atoms with Crippen LogP contribution in [0.5, 0.6) is 5.75 Å². The van der Waals surface area contributed by atoms with Crippen LogP contribution in [0.4, 0.5) is 17.1 Å². The molecule has 2 unspecified atom stereocenters. The van der Waals surface area contributed by atoms with Crippen LogP contribution in [0.2, 0.25) is 5.02 Å². The maximum absolute atomic E-state index is 13.7. The highest BCUT2D eigenvalue weighted by Gasteiger charge is 2.36. The first-order chi connectivity index (χ1) is 17.3. The number of hydrogen-bond acceptors (Lipinski definition) is 6. The van der Waals surface area contributed by atoms with E-state index < -0.39 is 11.0 Å². The smallest absolute Gasteiger partial charge is 0.288 e. The highest BCUT2D eigenvalue weighted by atomic mass is 35.5. The van der Waals surface area contributed by atoms with Crippen LogP contribution in [0.25, 0.3) is 0 Å². The summed E-state index contributed by atoms with van der Waals surface area (Å²) < 4.78 is 5.76. The molecule has 0 aromatic heterocycles. The van der Waals surface area contributed by atoms with Gasteiger partial charge < -0.3 is 15.4 Å². The van der Waals surface area contributed by atoms with Crippen molar-refractivity contribution in [2.75, 3.05) is 10.6 Å². The maximum atomic E-state index is 13.7. The van der Waals surface area contributed by atoms with Crippen LogP contribution in [-0.2, 0) is 4.79 Å². The lowest BCUT2D eigenvalue weighted by atomic mass is 9.78. The highest BCUT2D eigenvalue weighted by molar-refractivity contribution is 6.32. The van der Waals surface area contributed by atoms with Crippen molar-refractivity contribution in [3.8, 4) is 5.75 Å². The van der Waals surface area contributed by atoms with Gasteiger partial charge >= 0.3 is 0 Å². The summed E-state index contributed by atoms with van der Waals surface area (Å²) in [6.07, 6.45) is 1.06. The number of nitrogens with one attached hydrogen (secondary N) is 2. The van der Waals surface area contributed by atoms with E-state index in [4.69, 9.17) is 16.3 Å². The third kappa shape index (κ3) is 4.66. The molecule has 8 heteroatoms. The van der Waals surface area contributed by atoms with Crippen LogP contribution in [0, 0.1) is 10.1 Å². The van der Waals surface area contributed by atoms with E-state index in [1.165, 1.54) is 12.1 Å². The monoisotopic (exact) mass is 503 g/mol. The molecule has 2 atom stereocenters. The molecule has 36 heavy (non-hydrogen) atoms. The van der Waals surface area contributed by atoms with Crippen LogP contribution >= 0.6 is 11.6 Å². The molecule has 0 amide bonds. The number of anilines is 2. The number of halogens is 1. The summed E-state index contributed by atoms with van der Waals surface area (Å²) in [5.41, 5.74) is 4.57. The summed E-state index contributed by atoms with van der Waals surface area (Å²) in [6, 6.07) is 19.8. The first-order valence-electron chi connectivity index (χ1n) is 11.9. The van der Waals surface area contributed by atoms with Gasteiger partial charge in [0.1, 0.15) is 10.8 Å². The van der Waals surface area contributed by atoms with E-state index in [2.05, 4.69) is 10.6 Å². The number of benzene rings is 3. The van der Waals surface area contributed by atoms with Crippen LogP contribution < -0.4 is 15.4 Å². The van der Waals surface area contributed by atoms with Gasteiger partial charge in [-0.3, -0.25) is 14.9 Å². The van der Waals surface area contributed by atoms with Crippen molar-refractivity contribution in [3.63, 3.8) is 0 Å². The van der Waals surface area contributed by atoms with Gasteiger partial charge in [-0.1, -0.05) is 41.9 Å². The molecular formula is C28H26ClN3O4. The number of nitro groups is 1. The second-order valence-corrected chi connectivity index (χ2v) is 9.78. The molecule has 0 radical (unpaired) electrons. The number of hydrogen-bond donors (Lipinski definition) is 2. The molecule has 2 N–H and O–H groups in total. The van der Waals surface area contributed by atoms with Gasteiger partial charge in [0.05, 0.1) is 28.4 Å². The van der Waals surface area contributed by atoms with Gasteiger partial charge in [-0.05, 0) is 67.6 Å². The second kappa shape index (κ2) is 9.66. The van der Waals surface area contributed by atoms with Crippen molar-refractivity contribution in [1.82, 2.24) is 0 Å². The predicted octanol–water partition coefficient (Wildman–Crippen LogP) is 7.01. The van der Waals surface area contributed by atoms with E-state index in [-0.39, 0.29) is 28.5 Å². The Morgan fingerprint density at radius 3 is 2.39 bits per heavy atom. The van der Waals surface area contributed by atoms with Crippen molar-refractivity contribution in [2.24, 2.45) is 0 Å². The van der Waals surface area contributed by atoms with E-state index in [9.17, 15) is 14.9 Å². The molecule has 3 aromatic carbocycles. The molecule has 2 aliphatic rings. The fourth-order valence-electron chi connectivity index (χ4n) is 4.92. The van der Waals surface area contributed by atoms with Crippen molar-refractivity contribution in [3.05, 3.63) is 104 Å². The molecule has 0 bridgehead atoms. The number of nitro benzene ring substituents is 1. The number of carbonyl (C=O) groups excluding carboxylic acids is 1. The Morgan fingerprint density at radius 2 is 1.69 bits per heavy atom. The van der Waals surface area contributed by atoms with Gasteiger partial charge in [-0.25, -0.2) is 0 Å². The SMILES string of the molecule is CC(C)Oc1ccc(C2CC(=O)C3=C(C2)Nc2ccccc2NC3c2ccc(Cl)c([N+](=O)[O-])c2)cc1. The molecule has 3 aromatic rings. The third-order valence-electron chi connectivity index (χ3n) is 6.53. The number of carbonyl (C=O) groups is 1. The Balaban J connectivity index is 1.55. The molecule has 0 fully saturated rings. The molecule has 184 valence electrons. The predicted molar refractivity (Wildman–Crippen MR) is 141 cm³/mol. The fraction of sp³-hybridized carbons (Fsp3) is 0.250. The van der Waals surface area contributed by atoms with E-state index in [1.54, 1.807) is 6.07 Å². The molecule has 7 nitrogen and oxygen atoms in total. The molecule has 1 aliphatic carbocycles. The molecule has 5 rings (SSSR count). The zero-order valence-electron chi connectivity index (χ0n) is 20.0. The summed E-state index contributed by atoms with van der Waals surface area (Å²) in [7, 11) is 0.